The SMILES string of the molecule is CCCN1CC(c2nc(-c3cscn3)nn2C2CCCC2)CC1=O. The molecule has 7 heteroatoms. The van der Waals surface area contributed by atoms with Crippen LogP contribution in [0.5, 0.6) is 0 Å². The molecule has 1 atom stereocenters. The molecule has 2 aromatic rings. The summed E-state index contributed by atoms with van der Waals surface area (Å²) in [4.78, 5) is 23.4. The lowest BCUT2D eigenvalue weighted by Crippen LogP contribution is -2.26. The molecule has 1 amide bonds. The van der Waals surface area contributed by atoms with Gasteiger partial charge in [-0.15, -0.1) is 16.4 Å². The van der Waals surface area contributed by atoms with E-state index in [0.29, 0.717) is 18.3 Å². The Kier molecular flexibility index (Phi) is 4.35. The summed E-state index contributed by atoms with van der Waals surface area (Å²) in [5, 5.41) is 6.78. The van der Waals surface area contributed by atoms with Crippen LogP contribution in [0.3, 0.4) is 0 Å². The Hall–Kier alpha value is -1.76. The van der Waals surface area contributed by atoms with Crippen molar-refractivity contribution in [3.8, 4) is 11.5 Å². The fourth-order valence-electron chi connectivity index (χ4n) is 3.89. The quantitative estimate of drug-likeness (QED) is 0.834. The molecule has 2 aromatic heterocycles. The second kappa shape index (κ2) is 6.63. The maximum absolute atomic E-state index is 12.3. The predicted molar refractivity (Wildman–Crippen MR) is 92.9 cm³/mol. The number of carbonyl (C=O) groups is 1. The van der Waals surface area contributed by atoms with Gasteiger partial charge in [-0.05, 0) is 19.3 Å². The third-order valence-electron chi connectivity index (χ3n) is 5.06. The smallest absolute Gasteiger partial charge is 0.223 e. The second-order valence-corrected chi connectivity index (χ2v) is 7.51. The molecule has 1 aliphatic carbocycles. The predicted octanol–water partition coefficient (Wildman–Crippen LogP) is 3.24. The number of nitrogens with zero attached hydrogens (tertiary/aromatic N) is 5. The van der Waals surface area contributed by atoms with Gasteiger partial charge in [0, 0.05) is 30.8 Å². The molecule has 4 rings (SSSR count). The van der Waals surface area contributed by atoms with E-state index in [1.165, 1.54) is 12.8 Å². The van der Waals surface area contributed by atoms with E-state index in [4.69, 9.17) is 10.1 Å². The first-order chi connectivity index (χ1) is 11.8. The summed E-state index contributed by atoms with van der Waals surface area (Å²) < 4.78 is 2.12. The molecule has 2 fully saturated rings. The van der Waals surface area contributed by atoms with Crippen molar-refractivity contribution < 1.29 is 4.79 Å². The van der Waals surface area contributed by atoms with Gasteiger partial charge in [0.1, 0.15) is 11.5 Å². The topological polar surface area (TPSA) is 63.9 Å². The number of hydrogen-bond acceptors (Lipinski definition) is 5. The van der Waals surface area contributed by atoms with Gasteiger partial charge in [0.15, 0.2) is 0 Å². The van der Waals surface area contributed by atoms with Crippen molar-refractivity contribution in [1.29, 1.82) is 0 Å². The second-order valence-electron chi connectivity index (χ2n) is 6.79. The Bertz CT molecular complexity index is 705. The molecule has 2 aliphatic rings. The number of amides is 1. The van der Waals surface area contributed by atoms with E-state index in [2.05, 4.69) is 16.6 Å². The summed E-state index contributed by atoms with van der Waals surface area (Å²) in [6.07, 6.45) is 6.38. The van der Waals surface area contributed by atoms with Crippen LogP contribution in [-0.4, -0.2) is 43.6 Å². The van der Waals surface area contributed by atoms with Crippen molar-refractivity contribution in [1.82, 2.24) is 24.6 Å². The van der Waals surface area contributed by atoms with E-state index in [0.717, 1.165) is 43.9 Å². The van der Waals surface area contributed by atoms with Crippen LogP contribution in [-0.2, 0) is 4.79 Å². The number of aromatic nitrogens is 4. The van der Waals surface area contributed by atoms with Gasteiger partial charge < -0.3 is 4.90 Å². The molecule has 6 nitrogen and oxygen atoms in total. The number of likely N-dealkylation sites (tertiary alicyclic amines) is 1. The van der Waals surface area contributed by atoms with Crippen molar-refractivity contribution in [2.24, 2.45) is 0 Å². The molecule has 3 heterocycles. The average Bonchev–Trinajstić information content (AvgIpc) is 3.35. The first-order valence-electron chi connectivity index (χ1n) is 8.89. The monoisotopic (exact) mass is 345 g/mol. The fraction of sp³-hybridized carbons (Fsp3) is 0.647. The summed E-state index contributed by atoms with van der Waals surface area (Å²) in [6, 6.07) is 0.426. The van der Waals surface area contributed by atoms with Crippen molar-refractivity contribution >= 4 is 17.2 Å². The molecule has 0 N–H and O–H groups in total. The molecule has 1 saturated heterocycles. The van der Waals surface area contributed by atoms with Gasteiger partial charge in [-0.3, -0.25) is 4.79 Å². The van der Waals surface area contributed by atoms with Gasteiger partial charge in [-0.1, -0.05) is 19.8 Å². The van der Waals surface area contributed by atoms with E-state index in [1.807, 2.05) is 15.8 Å². The number of thiazole rings is 1. The highest BCUT2D eigenvalue weighted by Crippen LogP contribution is 2.35. The van der Waals surface area contributed by atoms with Crippen molar-refractivity contribution in [2.75, 3.05) is 13.1 Å². The van der Waals surface area contributed by atoms with Crippen LogP contribution >= 0.6 is 11.3 Å². The van der Waals surface area contributed by atoms with Gasteiger partial charge in [0.2, 0.25) is 11.7 Å². The molecule has 0 spiro atoms. The first-order valence-corrected chi connectivity index (χ1v) is 9.83. The van der Waals surface area contributed by atoms with Crippen molar-refractivity contribution in [2.45, 2.75) is 57.4 Å². The highest BCUT2D eigenvalue weighted by Gasteiger charge is 2.35. The molecule has 0 aromatic carbocycles. The summed E-state index contributed by atoms with van der Waals surface area (Å²) in [5.74, 6) is 2.10. The molecule has 0 radical (unpaired) electrons. The van der Waals surface area contributed by atoms with Crippen LogP contribution in [0.4, 0.5) is 0 Å². The van der Waals surface area contributed by atoms with Crippen LogP contribution in [0.15, 0.2) is 10.9 Å². The third kappa shape index (κ3) is 2.85. The minimum absolute atomic E-state index is 0.157. The zero-order valence-corrected chi connectivity index (χ0v) is 14.8. The molecule has 1 aliphatic heterocycles. The molecule has 0 bridgehead atoms. The van der Waals surface area contributed by atoms with E-state index in [1.54, 1.807) is 11.3 Å². The minimum atomic E-state index is 0.157. The summed E-state index contributed by atoms with van der Waals surface area (Å²) in [5.41, 5.74) is 2.65. The number of hydrogen-bond donors (Lipinski definition) is 0. The Morgan fingerprint density at radius 1 is 1.33 bits per heavy atom. The molecule has 1 saturated carbocycles. The Labute approximate surface area is 145 Å². The lowest BCUT2D eigenvalue weighted by Gasteiger charge is -2.17. The lowest BCUT2D eigenvalue weighted by molar-refractivity contribution is -0.127. The zero-order valence-electron chi connectivity index (χ0n) is 14.0. The summed E-state index contributed by atoms with van der Waals surface area (Å²) >= 11 is 1.56. The fourth-order valence-corrected chi connectivity index (χ4v) is 4.42. The van der Waals surface area contributed by atoms with Gasteiger partial charge in [0.05, 0.1) is 11.6 Å². The van der Waals surface area contributed by atoms with Crippen molar-refractivity contribution in [3.63, 3.8) is 0 Å². The molecular weight excluding hydrogens is 322 g/mol. The van der Waals surface area contributed by atoms with Gasteiger partial charge >= 0.3 is 0 Å². The standard InChI is InChI=1S/C17H23N5OS/c1-2-7-21-9-12(8-15(21)23)17-19-16(14-10-24-11-18-14)20-22(17)13-5-3-4-6-13/h10-13H,2-9H2,1H3. The molecular formula is C17H23N5OS. The highest BCUT2D eigenvalue weighted by atomic mass is 32.1. The van der Waals surface area contributed by atoms with E-state index in [-0.39, 0.29) is 11.8 Å². The molecule has 24 heavy (non-hydrogen) atoms. The van der Waals surface area contributed by atoms with Gasteiger partial charge in [-0.25, -0.2) is 14.6 Å². The van der Waals surface area contributed by atoms with Crippen LogP contribution in [0.1, 0.15) is 63.2 Å². The van der Waals surface area contributed by atoms with Crippen LogP contribution in [0, 0.1) is 0 Å². The molecule has 128 valence electrons. The Balaban J connectivity index is 1.67. The van der Waals surface area contributed by atoms with Crippen LogP contribution in [0.25, 0.3) is 11.5 Å². The van der Waals surface area contributed by atoms with E-state index < -0.39 is 0 Å². The largest absolute Gasteiger partial charge is 0.342 e. The van der Waals surface area contributed by atoms with Gasteiger partial charge in [0.25, 0.3) is 0 Å². The maximum atomic E-state index is 12.3. The normalized spacial score (nSPS) is 22.0. The van der Waals surface area contributed by atoms with E-state index >= 15 is 0 Å². The van der Waals surface area contributed by atoms with Crippen LogP contribution in [0.2, 0.25) is 0 Å². The van der Waals surface area contributed by atoms with Gasteiger partial charge in [-0.2, -0.15) is 0 Å². The number of carbonyl (C=O) groups excluding carboxylic acids is 1. The molecule has 1 unspecified atom stereocenters. The Morgan fingerprint density at radius 3 is 2.88 bits per heavy atom. The van der Waals surface area contributed by atoms with Crippen molar-refractivity contribution in [3.05, 3.63) is 16.7 Å². The first kappa shape index (κ1) is 15.7. The zero-order chi connectivity index (χ0) is 16.5. The average molecular weight is 345 g/mol. The summed E-state index contributed by atoms with van der Waals surface area (Å²) in [7, 11) is 0. The number of rotatable bonds is 5. The maximum Gasteiger partial charge on any atom is 0.223 e. The highest BCUT2D eigenvalue weighted by molar-refractivity contribution is 7.07. The van der Waals surface area contributed by atoms with Crippen LogP contribution < -0.4 is 0 Å². The van der Waals surface area contributed by atoms with E-state index in [9.17, 15) is 4.79 Å². The summed E-state index contributed by atoms with van der Waals surface area (Å²) in [6.45, 7) is 3.72. The minimum Gasteiger partial charge on any atom is -0.342 e. The third-order valence-corrected chi connectivity index (χ3v) is 5.65. The lowest BCUT2D eigenvalue weighted by atomic mass is 10.1. The Morgan fingerprint density at radius 2 is 2.17 bits per heavy atom.